The fraction of sp³-hybridized carbons (Fsp3) is 0.273. The maximum absolute atomic E-state index is 13.0. The Balaban J connectivity index is 3.25. The minimum absolute atomic E-state index is 0.280. The van der Waals surface area contributed by atoms with Gasteiger partial charge in [-0.25, -0.2) is 9.18 Å². The number of hydrogen-bond acceptors (Lipinski definition) is 2. The number of carboxylic acid groups (broad SMARTS) is 1. The van der Waals surface area contributed by atoms with Gasteiger partial charge in [0.25, 0.3) is 0 Å². The molecule has 1 unspecified atom stereocenters. The predicted molar refractivity (Wildman–Crippen MR) is 55.3 cm³/mol. The standard InChI is InChI=1S/C11H12FNO3/c1-7-3-4-8(12)5-9(7)10(11(15)16)13(2)6-14/h3-6,10H,1-2H3,(H,15,16). The van der Waals surface area contributed by atoms with E-state index in [-0.39, 0.29) is 5.56 Å². The number of benzene rings is 1. The molecule has 0 aliphatic heterocycles. The molecular weight excluding hydrogens is 213 g/mol. The van der Waals surface area contributed by atoms with Gasteiger partial charge in [0.05, 0.1) is 0 Å². The number of likely N-dealkylation sites (N-methyl/N-ethyl adjacent to an activating group) is 1. The van der Waals surface area contributed by atoms with E-state index in [1.165, 1.54) is 19.2 Å². The smallest absolute Gasteiger partial charge is 0.331 e. The number of aryl methyl sites for hydroxylation is 1. The van der Waals surface area contributed by atoms with E-state index in [1.807, 2.05) is 0 Å². The minimum Gasteiger partial charge on any atom is -0.479 e. The lowest BCUT2D eigenvalue weighted by molar-refractivity contribution is -0.145. The van der Waals surface area contributed by atoms with Crippen molar-refractivity contribution < 1.29 is 19.1 Å². The van der Waals surface area contributed by atoms with Crippen molar-refractivity contribution in [2.24, 2.45) is 0 Å². The van der Waals surface area contributed by atoms with Gasteiger partial charge >= 0.3 is 5.97 Å². The lowest BCUT2D eigenvalue weighted by Gasteiger charge is -2.22. The molecule has 0 heterocycles. The van der Waals surface area contributed by atoms with Crippen molar-refractivity contribution in [3.63, 3.8) is 0 Å². The van der Waals surface area contributed by atoms with Crippen LogP contribution in [-0.4, -0.2) is 29.4 Å². The number of rotatable bonds is 4. The summed E-state index contributed by atoms with van der Waals surface area (Å²) in [4.78, 5) is 22.6. The number of amides is 1. The van der Waals surface area contributed by atoms with Crippen molar-refractivity contribution in [2.75, 3.05) is 7.05 Å². The van der Waals surface area contributed by atoms with Crippen LogP contribution in [-0.2, 0) is 9.59 Å². The van der Waals surface area contributed by atoms with Crippen molar-refractivity contribution in [1.29, 1.82) is 0 Å². The maximum atomic E-state index is 13.0. The highest BCUT2D eigenvalue weighted by molar-refractivity contribution is 5.78. The first-order valence-electron chi connectivity index (χ1n) is 4.63. The molecule has 86 valence electrons. The van der Waals surface area contributed by atoms with E-state index in [0.717, 1.165) is 11.0 Å². The average Bonchev–Trinajstić information content (AvgIpc) is 2.22. The highest BCUT2D eigenvalue weighted by Gasteiger charge is 2.25. The highest BCUT2D eigenvalue weighted by Crippen LogP contribution is 2.23. The van der Waals surface area contributed by atoms with E-state index in [2.05, 4.69) is 0 Å². The fourth-order valence-electron chi connectivity index (χ4n) is 1.49. The second-order valence-corrected chi connectivity index (χ2v) is 3.51. The van der Waals surface area contributed by atoms with E-state index in [9.17, 15) is 14.0 Å². The average molecular weight is 225 g/mol. The van der Waals surface area contributed by atoms with Crippen molar-refractivity contribution in [1.82, 2.24) is 4.90 Å². The summed E-state index contributed by atoms with van der Waals surface area (Å²) in [6.45, 7) is 1.67. The molecule has 0 bridgehead atoms. The van der Waals surface area contributed by atoms with E-state index in [0.29, 0.717) is 12.0 Å². The summed E-state index contributed by atoms with van der Waals surface area (Å²) in [6.07, 6.45) is 0.406. The third kappa shape index (κ3) is 2.36. The lowest BCUT2D eigenvalue weighted by atomic mass is 10.0. The zero-order chi connectivity index (χ0) is 12.3. The number of hydrogen-bond donors (Lipinski definition) is 1. The lowest BCUT2D eigenvalue weighted by Crippen LogP contribution is -2.30. The Labute approximate surface area is 92.3 Å². The van der Waals surface area contributed by atoms with Crippen LogP contribution in [0, 0.1) is 12.7 Å². The first-order valence-corrected chi connectivity index (χ1v) is 4.63. The second-order valence-electron chi connectivity index (χ2n) is 3.51. The first-order chi connectivity index (χ1) is 7.47. The monoisotopic (exact) mass is 225 g/mol. The maximum Gasteiger partial charge on any atom is 0.331 e. The van der Waals surface area contributed by atoms with Gasteiger partial charge < -0.3 is 10.0 Å². The predicted octanol–water partition coefficient (Wildman–Crippen LogP) is 1.35. The largest absolute Gasteiger partial charge is 0.479 e. The molecule has 0 radical (unpaired) electrons. The Hall–Kier alpha value is -1.91. The van der Waals surface area contributed by atoms with Crippen LogP contribution in [0.15, 0.2) is 18.2 Å². The summed E-state index contributed by atoms with van der Waals surface area (Å²) < 4.78 is 13.0. The van der Waals surface area contributed by atoms with Gasteiger partial charge in [-0.15, -0.1) is 0 Å². The van der Waals surface area contributed by atoms with Gasteiger partial charge in [-0.2, -0.15) is 0 Å². The quantitative estimate of drug-likeness (QED) is 0.787. The van der Waals surface area contributed by atoms with Crippen molar-refractivity contribution in [2.45, 2.75) is 13.0 Å². The molecule has 1 atom stereocenters. The molecule has 1 amide bonds. The van der Waals surface area contributed by atoms with Gasteiger partial charge in [0.2, 0.25) is 6.41 Å². The summed E-state index contributed by atoms with van der Waals surface area (Å²) in [5, 5.41) is 9.02. The van der Waals surface area contributed by atoms with Crippen LogP contribution in [0.5, 0.6) is 0 Å². The van der Waals surface area contributed by atoms with Gasteiger partial charge in [0.1, 0.15) is 5.82 Å². The fourth-order valence-corrected chi connectivity index (χ4v) is 1.49. The molecule has 16 heavy (non-hydrogen) atoms. The third-order valence-corrected chi connectivity index (χ3v) is 2.34. The highest BCUT2D eigenvalue weighted by atomic mass is 19.1. The molecule has 0 aliphatic rings. The molecule has 1 N–H and O–H groups in total. The number of aliphatic carboxylic acids is 1. The van der Waals surface area contributed by atoms with Crippen molar-refractivity contribution >= 4 is 12.4 Å². The van der Waals surface area contributed by atoms with Crippen LogP contribution in [0.25, 0.3) is 0 Å². The number of carbonyl (C=O) groups excluding carboxylic acids is 1. The summed E-state index contributed by atoms with van der Waals surface area (Å²) in [7, 11) is 1.34. The number of halogens is 1. The van der Waals surface area contributed by atoms with Crippen LogP contribution in [0.2, 0.25) is 0 Å². The summed E-state index contributed by atoms with van der Waals surface area (Å²) in [5.74, 6) is -1.71. The van der Waals surface area contributed by atoms with Crippen LogP contribution in [0.4, 0.5) is 4.39 Å². The molecule has 5 heteroatoms. The Morgan fingerprint density at radius 2 is 2.19 bits per heavy atom. The van der Waals surface area contributed by atoms with Crippen molar-refractivity contribution in [3.8, 4) is 0 Å². The van der Waals surface area contributed by atoms with E-state index in [1.54, 1.807) is 6.92 Å². The molecule has 0 aliphatic carbocycles. The molecule has 0 saturated carbocycles. The second kappa shape index (κ2) is 4.74. The zero-order valence-electron chi connectivity index (χ0n) is 8.98. The summed E-state index contributed by atoms with van der Waals surface area (Å²) >= 11 is 0. The summed E-state index contributed by atoms with van der Waals surface area (Å²) in [6, 6.07) is 2.71. The number of carboxylic acids is 1. The van der Waals surface area contributed by atoms with E-state index >= 15 is 0 Å². The van der Waals surface area contributed by atoms with Crippen LogP contribution < -0.4 is 0 Å². The Bertz CT molecular complexity index is 420. The topological polar surface area (TPSA) is 57.6 Å². The number of carbonyl (C=O) groups is 2. The van der Waals surface area contributed by atoms with Crippen molar-refractivity contribution in [3.05, 3.63) is 35.1 Å². The molecule has 0 saturated heterocycles. The normalized spacial score (nSPS) is 11.9. The molecule has 0 spiro atoms. The van der Waals surface area contributed by atoms with Crippen LogP contribution in [0.3, 0.4) is 0 Å². The van der Waals surface area contributed by atoms with E-state index < -0.39 is 17.8 Å². The Kier molecular flexibility index (Phi) is 3.60. The van der Waals surface area contributed by atoms with Crippen LogP contribution in [0.1, 0.15) is 17.2 Å². The minimum atomic E-state index is -1.19. The van der Waals surface area contributed by atoms with Gasteiger partial charge in [0, 0.05) is 7.05 Å². The van der Waals surface area contributed by atoms with Gasteiger partial charge in [0.15, 0.2) is 6.04 Å². The Morgan fingerprint density at radius 1 is 1.56 bits per heavy atom. The number of nitrogens with zero attached hydrogens (tertiary/aromatic N) is 1. The molecule has 1 aromatic carbocycles. The molecular formula is C11H12FNO3. The van der Waals surface area contributed by atoms with Gasteiger partial charge in [-0.1, -0.05) is 6.07 Å². The molecule has 4 nitrogen and oxygen atoms in total. The Morgan fingerprint density at radius 3 is 2.69 bits per heavy atom. The molecule has 0 fully saturated rings. The summed E-state index contributed by atoms with van der Waals surface area (Å²) in [5.41, 5.74) is 0.907. The van der Waals surface area contributed by atoms with Gasteiger partial charge in [-0.3, -0.25) is 4.79 Å². The van der Waals surface area contributed by atoms with E-state index in [4.69, 9.17) is 5.11 Å². The zero-order valence-corrected chi connectivity index (χ0v) is 8.98. The van der Waals surface area contributed by atoms with Crippen LogP contribution >= 0.6 is 0 Å². The van der Waals surface area contributed by atoms with Gasteiger partial charge in [-0.05, 0) is 30.2 Å². The molecule has 1 rings (SSSR count). The molecule has 0 aromatic heterocycles. The SMILES string of the molecule is Cc1ccc(F)cc1C(C(=O)O)N(C)C=O. The molecule has 1 aromatic rings. The third-order valence-electron chi connectivity index (χ3n) is 2.34. The first kappa shape index (κ1) is 12.2.